The van der Waals surface area contributed by atoms with E-state index in [1.165, 1.54) is 19.3 Å². The minimum absolute atomic E-state index is 0.0924. The highest BCUT2D eigenvalue weighted by atomic mass is 19.4. The van der Waals surface area contributed by atoms with Gasteiger partial charge in [0.1, 0.15) is 5.75 Å². The molecule has 0 radical (unpaired) electrons. The number of carbonyl (C=O) groups is 1. The van der Waals surface area contributed by atoms with E-state index in [-0.39, 0.29) is 23.1 Å². The highest BCUT2D eigenvalue weighted by Gasteiger charge is 2.40. The molecule has 1 aromatic carbocycles. The number of benzene rings is 1. The Balaban J connectivity index is 1.60. The van der Waals surface area contributed by atoms with Gasteiger partial charge in [0, 0.05) is 36.6 Å². The van der Waals surface area contributed by atoms with Gasteiger partial charge < -0.3 is 14.7 Å². The van der Waals surface area contributed by atoms with Crippen LogP contribution in [0.5, 0.6) is 5.75 Å². The molecule has 1 N–H and O–H groups in total. The number of amides is 1. The van der Waals surface area contributed by atoms with Crippen LogP contribution in [0, 0.1) is 6.92 Å². The van der Waals surface area contributed by atoms with Gasteiger partial charge in [-0.2, -0.15) is 18.3 Å². The summed E-state index contributed by atoms with van der Waals surface area (Å²) in [4.78, 5) is 20.3. The number of hydrogen-bond donors (Lipinski definition) is 1. The summed E-state index contributed by atoms with van der Waals surface area (Å²) in [5, 5.41) is 13.5. The van der Waals surface area contributed by atoms with Crippen molar-refractivity contribution in [1.82, 2.24) is 19.7 Å². The number of hydrogen-bond acceptors (Lipinski definition) is 5. The van der Waals surface area contributed by atoms with E-state index in [1.807, 2.05) is 13.0 Å². The van der Waals surface area contributed by atoms with Crippen LogP contribution in [0.15, 0.2) is 24.4 Å². The van der Waals surface area contributed by atoms with Gasteiger partial charge in [-0.3, -0.25) is 14.5 Å². The van der Waals surface area contributed by atoms with Gasteiger partial charge in [0.25, 0.3) is 5.91 Å². The Labute approximate surface area is 206 Å². The zero-order valence-electron chi connectivity index (χ0n) is 20.3. The maximum atomic E-state index is 13.8. The summed E-state index contributed by atoms with van der Waals surface area (Å²) in [6, 6.07) is 4.86. The Kier molecular flexibility index (Phi) is 6.02. The number of pyridine rings is 1. The average molecular weight is 501 g/mol. The van der Waals surface area contributed by atoms with Crippen molar-refractivity contribution >= 4 is 5.91 Å². The molecule has 2 aliphatic rings. The van der Waals surface area contributed by atoms with E-state index in [4.69, 9.17) is 9.72 Å². The van der Waals surface area contributed by atoms with E-state index >= 15 is 0 Å². The van der Waals surface area contributed by atoms with E-state index < -0.39 is 18.5 Å². The lowest BCUT2D eigenvalue weighted by Crippen LogP contribution is -2.42. The lowest BCUT2D eigenvalue weighted by atomic mass is 9.85. The van der Waals surface area contributed by atoms with E-state index in [9.17, 15) is 23.1 Å². The first-order chi connectivity index (χ1) is 17.1. The van der Waals surface area contributed by atoms with Crippen molar-refractivity contribution in [2.24, 2.45) is 7.05 Å². The fraction of sp³-hybridized carbons (Fsp3) is 0.423. The van der Waals surface area contributed by atoms with Gasteiger partial charge in [-0.05, 0) is 73.1 Å². The monoisotopic (exact) mass is 500 g/mol. The summed E-state index contributed by atoms with van der Waals surface area (Å²) in [6.45, 7) is 1.84. The van der Waals surface area contributed by atoms with Gasteiger partial charge in [-0.15, -0.1) is 0 Å². The molecule has 1 amide bonds. The zero-order valence-corrected chi connectivity index (χ0v) is 20.3. The van der Waals surface area contributed by atoms with Crippen LogP contribution in [0.1, 0.15) is 63.0 Å². The smallest absolute Gasteiger partial charge is 0.435 e. The van der Waals surface area contributed by atoms with Crippen LogP contribution in [-0.4, -0.2) is 44.3 Å². The molecule has 0 fully saturated rings. The van der Waals surface area contributed by atoms with Gasteiger partial charge in [0.2, 0.25) is 0 Å². The van der Waals surface area contributed by atoms with Crippen LogP contribution in [0.3, 0.4) is 0 Å². The molecule has 1 aliphatic heterocycles. The third-order valence-electron chi connectivity index (χ3n) is 7.10. The van der Waals surface area contributed by atoms with Crippen LogP contribution in [0.25, 0.3) is 11.1 Å². The second-order valence-corrected chi connectivity index (χ2v) is 9.36. The van der Waals surface area contributed by atoms with Gasteiger partial charge in [0.15, 0.2) is 5.69 Å². The summed E-state index contributed by atoms with van der Waals surface area (Å²) in [5.41, 5.74) is 3.11. The summed E-state index contributed by atoms with van der Waals surface area (Å²) in [6.07, 6.45) is -0.506. The molecule has 5 rings (SSSR count). The molecule has 36 heavy (non-hydrogen) atoms. The molecule has 1 atom stereocenters. The van der Waals surface area contributed by atoms with Crippen molar-refractivity contribution in [3.8, 4) is 16.9 Å². The van der Waals surface area contributed by atoms with Crippen LogP contribution >= 0.6 is 0 Å². The SMILES string of the molecule is COc1cc2c(nc1C)CCCC2N1CCc2c(cc(CO)cc2-c2cn(C)nc2C(F)(F)F)C1=O. The first kappa shape index (κ1) is 24.3. The van der Waals surface area contributed by atoms with Crippen molar-refractivity contribution in [1.29, 1.82) is 0 Å². The van der Waals surface area contributed by atoms with Crippen molar-refractivity contribution in [3.63, 3.8) is 0 Å². The minimum Gasteiger partial charge on any atom is -0.495 e. The van der Waals surface area contributed by atoms with E-state index in [2.05, 4.69) is 5.10 Å². The molecule has 190 valence electrons. The Bertz CT molecular complexity index is 1350. The number of aromatic nitrogens is 3. The molecule has 1 aliphatic carbocycles. The molecule has 2 aromatic heterocycles. The first-order valence-electron chi connectivity index (χ1n) is 11.9. The van der Waals surface area contributed by atoms with Crippen LogP contribution < -0.4 is 4.74 Å². The number of fused-ring (bicyclic) bond motifs is 2. The molecule has 0 saturated carbocycles. The summed E-state index contributed by atoms with van der Waals surface area (Å²) >= 11 is 0. The maximum Gasteiger partial charge on any atom is 0.435 e. The third kappa shape index (κ3) is 4.03. The zero-order chi connectivity index (χ0) is 25.8. The molecule has 3 heterocycles. The summed E-state index contributed by atoms with van der Waals surface area (Å²) < 4.78 is 47.9. The van der Waals surface area contributed by atoms with Gasteiger partial charge >= 0.3 is 6.18 Å². The first-order valence-corrected chi connectivity index (χ1v) is 11.9. The second-order valence-electron chi connectivity index (χ2n) is 9.36. The lowest BCUT2D eigenvalue weighted by Gasteiger charge is -2.39. The third-order valence-corrected chi connectivity index (χ3v) is 7.10. The van der Waals surface area contributed by atoms with Crippen molar-refractivity contribution in [2.75, 3.05) is 13.7 Å². The number of alkyl halides is 3. The Morgan fingerprint density at radius 1 is 1.17 bits per heavy atom. The highest BCUT2D eigenvalue weighted by molar-refractivity contribution is 5.99. The molecule has 1 unspecified atom stereocenters. The molecule has 10 heteroatoms. The van der Waals surface area contributed by atoms with Crippen molar-refractivity contribution in [3.05, 3.63) is 63.7 Å². The van der Waals surface area contributed by atoms with Crippen molar-refractivity contribution < 1.29 is 27.8 Å². The summed E-state index contributed by atoms with van der Waals surface area (Å²) in [5.74, 6) is 0.397. The van der Waals surface area contributed by atoms with Crippen LogP contribution in [-0.2, 0) is 32.7 Å². The average Bonchev–Trinajstić information content (AvgIpc) is 3.25. The Morgan fingerprint density at radius 2 is 1.92 bits per heavy atom. The van der Waals surface area contributed by atoms with Crippen molar-refractivity contribution in [2.45, 2.75) is 51.4 Å². The number of rotatable bonds is 4. The molecule has 3 aromatic rings. The molecule has 0 bridgehead atoms. The number of aliphatic hydroxyl groups excluding tert-OH is 1. The number of halogens is 3. The highest BCUT2D eigenvalue weighted by Crippen LogP contribution is 2.42. The number of carbonyl (C=O) groups excluding carboxylic acids is 1. The van der Waals surface area contributed by atoms with E-state index in [0.29, 0.717) is 35.4 Å². The topological polar surface area (TPSA) is 80.5 Å². The van der Waals surface area contributed by atoms with Crippen LogP contribution in [0.2, 0.25) is 0 Å². The Morgan fingerprint density at radius 3 is 2.61 bits per heavy atom. The Hall–Kier alpha value is -3.40. The molecule has 0 spiro atoms. The predicted molar refractivity (Wildman–Crippen MR) is 126 cm³/mol. The molecule has 7 nitrogen and oxygen atoms in total. The predicted octanol–water partition coefficient (Wildman–Crippen LogP) is 4.39. The second kappa shape index (κ2) is 8.92. The summed E-state index contributed by atoms with van der Waals surface area (Å²) in [7, 11) is 3.01. The number of ether oxygens (including phenoxy) is 1. The maximum absolute atomic E-state index is 13.8. The fourth-order valence-electron chi connectivity index (χ4n) is 5.49. The quantitative estimate of drug-likeness (QED) is 0.575. The normalized spacial score (nSPS) is 17.7. The van der Waals surface area contributed by atoms with E-state index in [0.717, 1.165) is 40.9 Å². The van der Waals surface area contributed by atoms with Crippen LogP contribution in [0.4, 0.5) is 13.2 Å². The minimum atomic E-state index is -4.65. The number of nitrogens with zero attached hydrogens (tertiary/aromatic N) is 4. The fourth-order valence-corrected chi connectivity index (χ4v) is 5.49. The molecular weight excluding hydrogens is 473 g/mol. The number of aliphatic hydroxyl groups is 1. The lowest BCUT2D eigenvalue weighted by molar-refractivity contribution is -0.140. The van der Waals surface area contributed by atoms with Gasteiger partial charge in [-0.25, -0.2) is 0 Å². The largest absolute Gasteiger partial charge is 0.495 e. The van der Waals surface area contributed by atoms with Gasteiger partial charge in [0.05, 0.1) is 25.5 Å². The molecular formula is C26H27F3N4O3. The molecule has 0 saturated heterocycles. The standard InChI is InChI=1S/C26H27F3N4O3/c1-14-23(36-3)11-19-21(30-14)5-4-6-22(19)33-8-7-16-17(9-15(13-34)10-18(16)25(33)35)20-12-32(2)31-24(20)26(27,28)29/h9-12,22,34H,4-8,13H2,1-3H3. The number of aryl methyl sites for hydroxylation is 3. The number of methoxy groups -OCH3 is 1. The van der Waals surface area contributed by atoms with Gasteiger partial charge in [-0.1, -0.05) is 0 Å². The van der Waals surface area contributed by atoms with E-state index in [1.54, 1.807) is 18.1 Å².